The lowest BCUT2D eigenvalue weighted by atomic mass is 9.94. The Hall–Kier alpha value is -2.83. The summed E-state index contributed by atoms with van der Waals surface area (Å²) in [6.45, 7) is 0.296. The number of amides is 2. The largest absolute Gasteiger partial charge is 0.355 e. The van der Waals surface area contributed by atoms with E-state index >= 15 is 0 Å². The van der Waals surface area contributed by atoms with Crippen LogP contribution in [0.1, 0.15) is 23.6 Å². The van der Waals surface area contributed by atoms with Crippen LogP contribution in [0.15, 0.2) is 42.7 Å². The van der Waals surface area contributed by atoms with Crippen molar-refractivity contribution in [2.75, 3.05) is 13.6 Å². The molecule has 0 saturated carbocycles. The Labute approximate surface area is 150 Å². The van der Waals surface area contributed by atoms with Crippen molar-refractivity contribution in [3.05, 3.63) is 65.5 Å². The molecule has 3 rings (SSSR count). The van der Waals surface area contributed by atoms with Crippen LogP contribution >= 0.6 is 0 Å². The first kappa shape index (κ1) is 18.0. The molecule has 136 valence electrons. The fourth-order valence-corrected chi connectivity index (χ4v) is 3.34. The van der Waals surface area contributed by atoms with Gasteiger partial charge in [-0.2, -0.15) is 0 Å². The number of hydrogen-bond acceptors (Lipinski definition) is 3. The van der Waals surface area contributed by atoms with Crippen LogP contribution in [0.3, 0.4) is 0 Å². The first-order chi connectivity index (χ1) is 12.5. The van der Waals surface area contributed by atoms with E-state index in [2.05, 4.69) is 10.3 Å². The van der Waals surface area contributed by atoms with Gasteiger partial charge in [0, 0.05) is 44.4 Å². The summed E-state index contributed by atoms with van der Waals surface area (Å²) in [5.41, 5.74) is 1.09. The maximum Gasteiger partial charge on any atom is 0.224 e. The second-order valence-electron chi connectivity index (χ2n) is 6.41. The van der Waals surface area contributed by atoms with Gasteiger partial charge in [0.15, 0.2) is 0 Å². The smallest absolute Gasteiger partial charge is 0.224 e. The van der Waals surface area contributed by atoms with Crippen LogP contribution in [0.2, 0.25) is 0 Å². The third-order valence-corrected chi connectivity index (χ3v) is 4.67. The molecule has 1 fully saturated rings. The summed E-state index contributed by atoms with van der Waals surface area (Å²) in [5, 5.41) is 2.76. The molecule has 0 aliphatic carbocycles. The summed E-state index contributed by atoms with van der Waals surface area (Å²) in [6, 6.07) is 6.69. The van der Waals surface area contributed by atoms with Gasteiger partial charge in [-0.25, -0.2) is 8.78 Å². The highest BCUT2D eigenvalue weighted by Gasteiger charge is 2.38. The molecule has 0 unspecified atom stereocenters. The second kappa shape index (κ2) is 7.59. The van der Waals surface area contributed by atoms with Crippen molar-refractivity contribution in [3.63, 3.8) is 0 Å². The zero-order valence-electron chi connectivity index (χ0n) is 14.3. The SMILES string of the molecule is CN1C(=O)C[C@@H](CNC(=O)Cc2ccc(F)cc2F)[C@@H]1c1ccncc1. The van der Waals surface area contributed by atoms with Gasteiger partial charge in [-0.1, -0.05) is 6.07 Å². The number of nitrogens with one attached hydrogen (secondary N) is 1. The lowest BCUT2D eigenvalue weighted by molar-refractivity contribution is -0.127. The van der Waals surface area contributed by atoms with Crippen molar-refractivity contribution < 1.29 is 18.4 Å². The molecule has 2 amide bonds. The van der Waals surface area contributed by atoms with Gasteiger partial charge >= 0.3 is 0 Å². The van der Waals surface area contributed by atoms with Gasteiger partial charge < -0.3 is 10.2 Å². The van der Waals surface area contributed by atoms with Gasteiger partial charge in [0.05, 0.1) is 12.5 Å². The van der Waals surface area contributed by atoms with E-state index in [1.807, 2.05) is 12.1 Å². The van der Waals surface area contributed by atoms with Gasteiger partial charge in [-0.15, -0.1) is 0 Å². The average molecular weight is 359 g/mol. The number of pyridine rings is 1. The predicted octanol–water partition coefficient (Wildman–Crippen LogP) is 2.24. The van der Waals surface area contributed by atoms with Gasteiger partial charge in [-0.3, -0.25) is 14.6 Å². The fourth-order valence-electron chi connectivity index (χ4n) is 3.34. The predicted molar refractivity (Wildman–Crippen MR) is 90.9 cm³/mol. The third-order valence-electron chi connectivity index (χ3n) is 4.67. The molecule has 1 saturated heterocycles. The molecule has 1 aliphatic heterocycles. The van der Waals surface area contributed by atoms with Gasteiger partial charge in [0.25, 0.3) is 0 Å². The summed E-state index contributed by atoms with van der Waals surface area (Å²) >= 11 is 0. The van der Waals surface area contributed by atoms with Crippen molar-refractivity contribution in [1.82, 2.24) is 15.2 Å². The standard InChI is InChI=1S/C19H19F2N3O2/c1-24-18(26)9-14(19(24)12-4-6-22-7-5-12)11-23-17(25)8-13-2-3-15(20)10-16(13)21/h2-7,10,14,19H,8-9,11H2,1H3,(H,23,25)/t14-,19-/m0/s1. The Balaban J connectivity index is 1.64. The number of likely N-dealkylation sites (tertiary alicyclic amines) is 1. The first-order valence-corrected chi connectivity index (χ1v) is 8.32. The molecule has 1 aromatic carbocycles. The Morgan fingerprint density at radius 3 is 2.69 bits per heavy atom. The van der Waals surface area contributed by atoms with Crippen LogP contribution in [0.25, 0.3) is 0 Å². The van der Waals surface area contributed by atoms with Crippen LogP contribution in [0.5, 0.6) is 0 Å². The monoisotopic (exact) mass is 359 g/mol. The molecule has 2 heterocycles. The van der Waals surface area contributed by atoms with E-state index in [1.165, 1.54) is 6.07 Å². The topological polar surface area (TPSA) is 62.3 Å². The highest BCUT2D eigenvalue weighted by molar-refractivity contribution is 5.80. The van der Waals surface area contributed by atoms with Crippen molar-refractivity contribution in [3.8, 4) is 0 Å². The third kappa shape index (κ3) is 3.87. The van der Waals surface area contributed by atoms with E-state index in [-0.39, 0.29) is 35.8 Å². The first-order valence-electron chi connectivity index (χ1n) is 8.32. The van der Waals surface area contributed by atoms with Crippen LogP contribution in [-0.4, -0.2) is 35.3 Å². The minimum atomic E-state index is -0.745. The van der Waals surface area contributed by atoms with Crippen LogP contribution in [-0.2, 0) is 16.0 Å². The maximum atomic E-state index is 13.7. The highest BCUT2D eigenvalue weighted by atomic mass is 19.1. The fraction of sp³-hybridized carbons (Fsp3) is 0.316. The van der Waals surface area contributed by atoms with Crippen molar-refractivity contribution >= 4 is 11.8 Å². The second-order valence-corrected chi connectivity index (χ2v) is 6.41. The molecule has 0 radical (unpaired) electrons. The molecular formula is C19H19F2N3O2. The van der Waals surface area contributed by atoms with Gasteiger partial charge in [0.1, 0.15) is 11.6 Å². The summed E-state index contributed by atoms with van der Waals surface area (Å²) in [7, 11) is 1.74. The molecule has 0 spiro atoms. The molecule has 0 bridgehead atoms. The number of carbonyl (C=O) groups excluding carboxylic acids is 2. The summed E-state index contributed by atoms with van der Waals surface area (Å²) in [4.78, 5) is 29.9. The zero-order chi connectivity index (χ0) is 18.7. The number of hydrogen-bond donors (Lipinski definition) is 1. The number of rotatable bonds is 5. The van der Waals surface area contributed by atoms with Crippen molar-refractivity contribution in [1.29, 1.82) is 0 Å². The summed E-state index contributed by atoms with van der Waals surface area (Å²) < 4.78 is 26.6. The number of halogens is 2. The molecule has 5 nitrogen and oxygen atoms in total. The molecule has 2 aromatic rings. The number of benzene rings is 1. The quantitative estimate of drug-likeness (QED) is 0.891. The molecule has 1 aliphatic rings. The molecule has 26 heavy (non-hydrogen) atoms. The number of carbonyl (C=O) groups is 2. The lowest BCUT2D eigenvalue weighted by Crippen LogP contribution is -2.33. The van der Waals surface area contributed by atoms with E-state index in [0.717, 1.165) is 17.7 Å². The Bertz CT molecular complexity index is 814. The molecular weight excluding hydrogens is 340 g/mol. The molecule has 1 aromatic heterocycles. The Morgan fingerprint density at radius 2 is 2.00 bits per heavy atom. The molecule has 7 heteroatoms. The molecule has 1 N–H and O–H groups in total. The Morgan fingerprint density at radius 1 is 1.27 bits per heavy atom. The number of nitrogens with zero attached hydrogens (tertiary/aromatic N) is 2. The van der Waals surface area contributed by atoms with Crippen LogP contribution in [0, 0.1) is 17.6 Å². The van der Waals surface area contributed by atoms with Crippen LogP contribution < -0.4 is 5.32 Å². The van der Waals surface area contributed by atoms with E-state index < -0.39 is 11.6 Å². The maximum absolute atomic E-state index is 13.7. The van der Waals surface area contributed by atoms with E-state index in [4.69, 9.17) is 0 Å². The number of aromatic nitrogens is 1. The van der Waals surface area contributed by atoms with Gasteiger partial charge in [0.2, 0.25) is 11.8 Å². The zero-order valence-corrected chi connectivity index (χ0v) is 14.3. The van der Waals surface area contributed by atoms with E-state index in [0.29, 0.717) is 13.0 Å². The van der Waals surface area contributed by atoms with Crippen molar-refractivity contribution in [2.45, 2.75) is 18.9 Å². The van der Waals surface area contributed by atoms with Crippen LogP contribution in [0.4, 0.5) is 8.78 Å². The minimum absolute atomic E-state index is 0.00985. The molecule has 2 atom stereocenters. The Kier molecular flexibility index (Phi) is 5.25. The summed E-state index contributed by atoms with van der Waals surface area (Å²) in [6.07, 6.45) is 3.48. The summed E-state index contributed by atoms with van der Waals surface area (Å²) in [5.74, 6) is -1.87. The average Bonchev–Trinajstić information content (AvgIpc) is 2.90. The highest BCUT2D eigenvalue weighted by Crippen LogP contribution is 2.36. The normalized spacial score (nSPS) is 19.7. The van der Waals surface area contributed by atoms with E-state index in [9.17, 15) is 18.4 Å². The van der Waals surface area contributed by atoms with E-state index in [1.54, 1.807) is 24.3 Å². The minimum Gasteiger partial charge on any atom is -0.355 e. The van der Waals surface area contributed by atoms with Crippen molar-refractivity contribution in [2.24, 2.45) is 5.92 Å². The van der Waals surface area contributed by atoms with Gasteiger partial charge in [-0.05, 0) is 29.3 Å². The lowest BCUT2D eigenvalue weighted by Gasteiger charge is -2.25.